The van der Waals surface area contributed by atoms with Crippen LogP contribution in [-0.2, 0) is 24.5 Å². The molecule has 1 atom stereocenters. The summed E-state index contributed by atoms with van der Waals surface area (Å²) in [7, 11) is -6.37. The van der Waals surface area contributed by atoms with Gasteiger partial charge in [0, 0.05) is 12.7 Å². The predicted octanol–water partition coefficient (Wildman–Crippen LogP) is 0.348. The third kappa shape index (κ3) is 4.75. The standard InChI is InChI=1S/C10H18O5S2/c1-16(12,13)7-4-5-9(11)10-6-2-3-8-17(10,14)15/h10H,2-8H2,1H3. The van der Waals surface area contributed by atoms with E-state index in [9.17, 15) is 21.6 Å². The molecule has 0 aromatic heterocycles. The van der Waals surface area contributed by atoms with Gasteiger partial charge in [0.25, 0.3) is 0 Å². The van der Waals surface area contributed by atoms with Crippen LogP contribution >= 0.6 is 0 Å². The highest BCUT2D eigenvalue weighted by atomic mass is 32.2. The SMILES string of the molecule is CS(=O)(=O)CCCC(=O)C1CCCCS1(=O)=O. The average Bonchev–Trinajstić information content (AvgIpc) is 2.14. The van der Waals surface area contributed by atoms with Crippen molar-refractivity contribution in [2.24, 2.45) is 0 Å². The third-order valence-electron chi connectivity index (χ3n) is 2.88. The van der Waals surface area contributed by atoms with Gasteiger partial charge in [0.1, 0.15) is 15.1 Å². The maximum Gasteiger partial charge on any atom is 0.160 e. The highest BCUT2D eigenvalue weighted by Gasteiger charge is 2.33. The van der Waals surface area contributed by atoms with Crippen LogP contribution in [0.3, 0.4) is 0 Å². The first-order chi connectivity index (χ1) is 7.72. The Labute approximate surface area is 102 Å². The van der Waals surface area contributed by atoms with Crippen LogP contribution in [0.25, 0.3) is 0 Å². The number of sulfone groups is 2. The number of hydrogen-bond acceptors (Lipinski definition) is 5. The molecule has 1 aliphatic heterocycles. The van der Waals surface area contributed by atoms with Gasteiger partial charge < -0.3 is 0 Å². The minimum atomic E-state index is -3.29. The summed E-state index contributed by atoms with van der Waals surface area (Å²) >= 11 is 0. The maximum atomic E-state index is 11.7. The Morgan fingerprint density at radius 2 is 1.94 bits per heavy atom. The van der Waals surface area contributed by atoms with Crippen molar-refractivity contribution >= 4 is 25.5 Å². The Morgan fingerprint density at radius 1 is 1.29 bits per heavy atom. The summed E-state index contributed by atoms with van der Waals surface area (Å²) in [6.45, 7) is 0. The van der Waals surface area contributed by atoms with Crippen LogP contribution in [0.5, 0.6) is 0 Å². The van der Waals surface area contributed by atoms with Gasteiger partial charge in [0.15, 0.2) is 15.6 Å². The predicted molar refractivity (Wildman–Crippen MR) is 65.4 cm³/mol. The highest BCUT2D eigenvalue weighted by molar-refractivity contribution is 7.92. The van der Waals surface area contributed by atoms with Gasteiger partial charge in [-0.15, -0.1) is 0 Å². The van der Waals surface area contributed by atoms with Crippen LogP contribution < -0.4 is 0 Å². The van der Waals surface area contributed by atoms with Gasteiger partial charge in [0.2, 0.25) is 0 Å². The molecule has 17 heavy (non-hydrogen) atoms. The number of carbonyl (C=O) groups excluding carboxylic acids is 1. The summed E-state index contributed by atoms with van der Waals surface area (Å²) in [4.78, 5) is 11.7. The molecule has 7 heteroatoms. The average molecular weight is 282 g/mol. The van der Waals surface area contributed by atoms with Gasteiger partial charge >= 0.3 is 0 Å². The van der Waals surface area contributed by atoms with E-state index in [4.69, 9.17) is 0 Å². The number of Topliss-reactive ketones (excluding diaryl/α,β-unsaturated/α-hetero) is 1. The van der Waals surface area contributed by atoms with Crippen LogP contribution in [-0.4, -0.2) is 45.6 Å². The fraction of sp³-hybridized carbons (Fsp3) is 0.900. The first kappa shape index (κ1) is 14.6. The van der Waals surface area contributed by atoms with Crippen molar-refractivity contribution in [2.75, 3.05) is 17.8 Å². The zero-order valence-corrected chi connectivity index (χ0v) is 11.5. The molecule has 1 fully saturated rings. The van der Waals surface area contributed by atoms with E-state index in [1.54, 1.807) is 0 Å². The number of rotatable bonds is 5. The van der Waals surface area contributed by atoms with E-state index in [1.807, 2.05) is 0 Å². The molecule has 100 valence electrons. The van der Waals surface area contributed by atoms with Crippen molar-refractivity contribution in [1.82, 2.24) is 0 Å². The van der Waals surface area contributed by atoms with E-state index >= 15 is 0 Å². The van der Waals surface area contributed by atoms with Crippen molar-refractivity contribution in [3.63, 3.8) is 0 Å². The fourth-order valence-electron chi connectivity index (χ4n) is 1.99. The quantitative estimate of drug-likeness (QED) is 0.726. The van der Waals surface area contributed by atoms with Crippen LogP contribution in [0, 0.1) is 0 Å². The Morgan fingerprint density at radius 3 is 2.47 bits per heavy atom. The van der Waals surface area contributed by atoms with Crippen molar-refractivity contribution in [3.8, 4) is 0 Å². The van der Waals surface area contributed by atoms with Gasteiger partial charge in [-0.3, -0.25) is 4.79 Å². The summed E-state index contributed by atoms with van der Waals surface area (Å²) in [5.41, 5.74) is 0. The molecule has 0 aromatic rings. The molecule has 0 radical (unpaired) electrons. The van der Waals surface area contributed by atoms with Crippen molar-refractivity contribution in [3.05, 3.63) is 0 Å². The van der Waals surface area contributed by atoms with E-state index in [0.29, 0.717) is 12.8 Å². The molecular weight excluding hydrogens is 264 g/mol. The van der Waals surface area contributed by atoms with Crippen LogP contribution in [0.15, 0.2) is 0 Å². The first-order valence-electron chi connectivity index (χ1n) is 5.64. The van der Waals surface area contributed by atoms with Crippen molar-refractivity contribution in [1.29, 1.82) is 0 Å². The second-order valence-corrected chi connectivity index (χ2v) is 9.11. The van der Waals surface area contributed by atoms with Crippen LogP contribution in [0.2, 0.25) is 0 Å². The zero-order valence-electron chi connectivity index (χ0n) is 9.88. The molecule has 1 saturated heterocycles. The molecule has 5 nitrogen and oxygen atoms in total. The van der Waals surface area contributed by atoms with Gasteiger partial charge in [-0.2, -0.15) is 0 Å². The molecule has 1 rings (SSSR count). The summed E-state index contributed by atoms with van der Waals surface area (Å²) < 4.78 is 45.1. The fourth-order valence-corrected chi connectivity index (χ4v) is 4.59. The highest BCUT2D eigenvalue weighted by Crippen LogP contribution is 2.21. The monoisotopic (exact) mass is 282 g/mol. The van der Waals surface area contributed by atoms with E-state index in [0.717, 1.165) is 12.7 Å². The smallest absolute Gasteiger partial charge is 0.160 e. The van der Waals surface area contributed by atoms with E-state index in [2.05, 4.69) is 0 Å². The van der Waals surface area contributed by atoms with Crippen LogP contribution in [0.1, 0.15) is 32.1 Å². The number of carbonyl (C=O) groups is 1. The molecule has 0 saturated carbocycles. The molecule has 1 aliphatic rings. The second-order valence-electron chi connectivity index (χ2n) is 4.55. The van der Waals surface area contributed by atoms with E-state index in [1.165, 1.54) is 0 Å². The van der Waals surface area contributed by atoms with Gasteiger partial charge in [-0.05, 0) is 19.3 Å². The number of ketones is 1. The molecule has 1 unspecified atom stereocenters. The molecule has 0 aliphatic carbocycles. The maximum absolute atomic E-state index is 11.7. The zero-order chi connectivity index (χ0) is 13.1. The Kier molecular flexibility index (Phi) is 4.71. The molecule has 0 spiro atoms. The largest absolute Gasteiger partial charge is 0.298 e. The minimum Gasteiger partial charge on any atom is -0.298 e. The minimum absolute atomic E-state index is 0.0387. The molecular formula is C10H18O5S2. The lowest BCUT2D eigenvalue weighted by Gasteiger charge is -2.20. The van der Waals surface area contributed by atoms with Crippen LogP contribution in [0.4, 0.5) is 0 Å². The normalized spacial score (nSPS) is 24.4. The first-order valence-corrected chi connectivity index (χ1v) is 9.42. The van der Waals surface area contributed by atoms with Crippen molar-refractivity contribution < 1.29 is 21.6 Å². The van der Waals surface area contributed by atoms with Gasteiger partial charge in [-0.1, -0.05) is 6.42 Å². The Balaban J connectivity index is 2.53. The van der Waals surface area contributed by atoms with E-state index < -0.39 is 24.9 Å². The molecule has 0 N–H and O–H groups in total. The van der Waals surface area contributed by atoms with Crippen molar-refractivity contribution in [2.45, 2.75) is 37.4 Å². The van der Waals surface area contributed by atoms with Gasteiger partial charge in [-0.25, -0.2) is 16.8 Å². The Bertz CT molecular complexity index is 475. The Hall–Kier alpha value is -0.430. The molecule has 0 amide bonds. The molecule has 1 heterocycles. The third-order valence-corrected chi connectivity index (χ3v) is 6.13. The lowest BCUT2D eigenvalue weighted by Crippen LogP contribution is -2.35. The summed E-state index contributed by atoms with van der Waals surface area (Å²) in [5, 5.41) is -0.893. The van der Waals surface area contributed by atoms with E-state index in [-0.39, 0.29) is 30.1 Å². The summed E-state index contributed by atoms with van der Waals surface area (Å²) in [5.74, 6) is -0.311. The molecule has 0 aromatic carbocycles. The second kappa shape index (κ2) is 5.48. The topological polar surface area (TPSA) is 85.3 Å². The molecule has 0 bridgehead atoms. The summed E-state index contributed by atoms with van der Waals surface area (Å²) in [6.07, 6.45) is 3.12. The lowest BCUT2D eigenvalue weighted by molar-refractivity contribution is -0.118. The number of hydrogen-bond donors (Lipinski definition) is 0. The van der Waals surface area contributed by atoms with Gasteiger partial charge in [0.05, 0.1) is 11.5 Å². The lowest BCUT2D eigenvalue weighted by atomic mass is 10.1. The summed E-state index contributed by atoms with van der Waals surface area (Å²) in [6, 6.07) is 0.